The van der Waals surface area contributed by atoms with Gasteiger partial charge in [-0.05, 0) is 31.2 Å². The van der Waals surface area contributed by atoms with Crippen LogP contribution in [0.4, 0.5) is 0 Å². The summed E-state index contributed by atoms with van der Waals surface area (Å²) < 4.78 is 1.83. The second-order valence-corrected chi connectivity index (χ2v) is 4.98. The molecule has 0 saturated carbocycles. The van der Waals surface area contributed by atoms with Crippen molar-refractivity contribution in [2.45, 2.75) is 13.0 Å². The van der Waals surface area contributed by atoms with E-state index < -0.39 is 0 Å². The highest BCUT2D eigenvalue weighted by Gasteiger charge is 2.17. The van der Waals surface area contributed by atoms with E-state index in [1.54, 1.807) is 6.07 Å². The van der Waals surface area contributed by atoms with Crippen molar-refractivity contribution in [3.8, 4) is 0 Å². The van der Waals surface area contributed by atoms with Crippen LogP contribution in [0, 0.1) is 0 Å². The molecule has 1 amide bonds. The summed E-state index contributed by atoms with van der Waals surface area (Å²) in [4.78, 5) is 16.1. The van der Waals surface area contributed by atoms with Gasteiger partial charge in [-0.25, -0.2) is 0 Å². The van der Waals surface area contributed by atoms with Crippen molar-refractivity contribution in [2.24, 2.45) is 0 Å². The first-order valence-electron chi connectivity index (χ1n) is 6.37. The Bertz CT molecular complexity index is 801. The smallest absolute Gasteiger partial charge is 0.270 e. The fraction of sp³-hybridized carbons (Fsp3) is 0.143. The molecule has 0 fully saturated rings. The third-order valence-corrected chi connectivity index (χ3v) is 3.26. The highest BCUT2D eigenvalue weighted by Crippen LogP contribution is 2.13. The standard InChI is InChI=1S/C14H12ClN5O/c1-9(13-19-18-12-4-2-3-7-20(12)13)17-14(21)11-8-10(15)5-6-16-11/h2-9H,1H3,(H,17,21). The predicted octanol–water partition coefficient (Wildman–Crippen LogP) is 2.27. The number of carbonyl (C=O) groups excluding carboxylic acids is 1. The van der Waals surface area contributed by atoms with E-state index in [1.807, 2.05) is 35.7 Å². The summed E-state index contributed by atoms with van der Waals surface area (Å²) >= 11 is 5.86. The lowest BCUT2D eigenvalue weighted by molar-refractivity contribution is 0.0933. The van der Waals surface area contributed by atoms with Crippen LogP contribution in [0.3, 0.4) is 0 Å². The summed E-state index contributed by atoms with van der Waals surface area (Å²) in [5, 5.41) is 11.5. The minimum Gasteiger partial charge on any atom is -0.341 e. The highest BCUT2D eigenvalue weighted by atomic mass is 35.5. The Morgan fingerprint density at radius 3 is 3.00 bits per heavy atom. The SMILES string of the molecule is CC(NC(=O)c1cc(Cl)ccn1)c1nnc2ccccn12. The number of nitrogens with one attached hydrogen (secondary N) is 1. The largest absolute Gasteiger partial charge is 0.341 e. The Balaban J connectivity index is 1.83. The fourth-order valence-electron chi connectivity index (χ4n) is 2.02. The van der Waals surface area contributed by atoms with Gasteiger partial charge in [0.05, 0.1) is 6.04 Å². The molecule has 1 N–H and O–H groups in total. The lowest BCUT2D eigenvalue weighted by atomic mass is 10.2. The molecule has 6 nitrogen and oxygen atoms in total. The molecule has 3 heterocycles. The minimum atomic E-state index is -0.310. The Hall–Kier alpha value is -2.47. The van der Waals surface area contributed by atoms with Crippen LogP contribution in [-0.2, 0) is 0 Å². The number of pyridine rings is 2. The average Bonchev–Trinajstić information content (AvgIpc) is 2.91. The van der Waals surface area contributed by atoms with E-state index in [0.29, 0.717) is 10.8 Å². The van der Waals surface area contributed by atoms with Gasteiger partial charge < -0.3 is 5.32 Å². The zero-order valence-corrected chi connectivity index (χ0v) is 11.9. The number of aromatic nitrogens is 4. The third kappa shape index (κ3) is 2.71. The average molecular weight is 302 g/mol. The van der Waals surface area contributed by atoms with Gasteiger partial charge in [-0.15, -0.1) is 10.2 Å². The molecule has 3 aromatic heterocycles. The van der Waals surface area contributed by atoms with Gasteiger partial charge in [0.1, 0.15) is 5.69 Å². The number of carbonyl (C=O) groups is 1. The lowest BCUT2D eigenvalue weighted by Gasteiger charge is -2.12. The molecule has 0 aliphatic carbocycles. The van der Waals surface area contributed by atoms with Crippen molar-refractivity contribution in [1.29, 1.82) is 0 Å². The second kappa shape index (κ2) is 5.49. The Kier molecular flexibility index (Phi) is 3.53. The van der Waals surface area contributed by atoms with Crippen molar-refractivity contribution < 1.29 is 4.79 Å². The molecule has 0 aromatic carbocycles. The van der Waals surface area contributed by atoms with Gasteiger partial charge >= 0.3 is 0 Å². The third-order valence-electron chi connectivity index (χ3n) is 3.03. The maximum absolute atomic E-state index is 12.1. The van der Waals surface area contributed by atoms with E-state index in [9.17, 15) is 4.79 Å². The summed E-state index contributed by atoms with van der Waals surface area (Å²) in [6, 6.07) is 8.44. The molecule has 0 aliphatic rings. The molecular formula is C14H12ClN5O. The van der Waals surface area contributed by atoms with Crippen LogP contribution in [0.15, 0.2) is 42.7 Å². The van der Waals surface area contributed by atoms with Crippen molar-refractivity contribution in [3.63, 3.8) is 0 Å². The van der Waals surface area contributed by atoms with Gasteiger partial charge in [0.2, 0.25) is 0 Å². The van der Waals surface area contributed by atoms with Gasteiger partial charge in [0, 0.05) is 17.4 Å². The maximum Gasteiger partial charge on any atom is 0.270 e. The predicted molar refractivity (Wildman–Crippen MR) is 78.1 cm³/mol. The van der Waals surface area contributed by atoms with E-state index >= 15 is 0 Å². The van der Waals surface area contributed by atoms with Crippen molar-refractivity contribution in [3.05, 3.63) is 59.3 Å². The number of hydrogen-bond donors (Lipinski definition) is 1. The minimum absolute atomic E-state index is 0.267. The Morgan fingerprint density at radius 1 is 1.33 bits per heavy atom. The normalized spacial score (nSPS) is 12.3. The number of halogens is 1. The Labute approximate surface area is 125 Å². The van der Waals surface area contributed by atoms with Crippen molar-refractivity contribution in [2.75, 3.05) is 0 Å². The first-order chi connectivity index (χ1) is 10.1. The van der Waals surface area contributed by atoms with Crippen LogP contribution < -0.4 is 5.32 Å². The summed E-state index contributed by atoms with van der Waals surface area (Å²) in [6.07, 6.45) is 3.35. The van der Waals surface area contributed by atoms with Gasteiger partial charge in [-0.3, -0.25) is 14.2 Å². The number of nitrogens with zero attached hydrogens (tertiary/aromatic N) is 4. The van der Waals surface area contributed by atoms with Crippen molar-refractivity contribution >= 4 is 23.2 Å². The summed E-state index contributed by atoms with van der Waals surface area (Å²) in [5.41, 5.74) is 0.998. The summed E-state index contributed by atoms with van der Waals surface area (Å²) in [5.74, 6) is 0.346. The topological polar surface area (TPSA) is 72.2 Å². The van der Waals surface area contributed by atoms with Gasteiger partial charge in [0.25, 0.3) is 5.91 Å². The maximum atomic E-state index is 12.1. The first-order valence-corrected chi connectivity index (χ1v) is 6.75. The molecule has 0 saturated heterocycles. The summed E-state index contributed by atoms with van der Waals surface area (Å²) in [7, 11) is 0. The zero-order chi connectivity index (χ0) is 14.8. The zero-order valence-electron chi connectivity index (χ0n) is 11.2. The number of rotatable bonds is 3. The van der Waals surface area contributed by atoms with Crippen LogP contribution in [0.25, 0.3) is 5.65 Å². The van der Waals surface area contributed by atoms with Gasteiger partial charge in [-0.2, -0.15) is 0 Å². The van der Waals surface area contributed by atoms with Crippen LogP contribution in [0.1, 0.15) is 29.3 Å². The second-order valence-electron chi connectivity index (χ2n) is 4.54. The monoisotopic (exact) mass is 301 g/mol. The molecule has 0 spiro atoms. The molecule has 3 rings (SSSR count). The first kappa shape index (κ1) is 13.5. The number of amides is 1. The van der Waals surface area contributed by atoms with Crippen LogP contribution in [-0.4, -0.2) is 25.5 Å². The van der Waals surface area contributed by atoms with E-state index in [1.165, 1.54) is 12.3 Å². The molecule has 0 radical (unpaired) electrons. The lowest BCUT2D eigenvalue weighted by Crippen LogP contribution is -2.28. The molecule has 1 atom stereocenters. The van der Waals surface area contributed by atoms with E-state index in [-0.39, 0.29) is 17.6 Å². The van der Waals surface area contributed by atoms with Crippen LogP contribution in [0.5, 0.6) is 0 Å². The van der Waals surface area contributed by atoms with Crippen LogP contribution >= 0.6 is 11.6 Å². The van der Waals surface area contributed by atoms with E-state index in [0.717, 1.165) is 5.65 Å². The van der Waals surface area contributed by atoms with Gasteiger partial charge in [0.15, 0.2) is 11.5 Å². The van der Waals surface area contributed by atoms with Gasteiger partial charge in [-0.1, -0.05) is 17.7 Å². The number of hydrogen-bond acceptors (Lipinski definition) is 4. The van der Waals surface area contributed by atoms with E-state index in [4.69, 9.17) is 11.6 Å². The molecule has 0 aliphatic heterocycles. The summed E-state index contributed by atoms with van der Waals surface area (Å²) in [6.45, 7) is 1.84. The molecule has 7 heteroatoms. The Morgan fingerprint density at radius 2 is 2.19 bits per heavy atom. The van der Waals surface area contributed by atoms with E-state index in [2.05, 4.69) is 20.5 Å². The molecule has 21 heavy (non-hydrogen) atoms. The molecule has 106 valence electrons. The highest BCUT2D eigenvalue weighted by molar-refractivity contribution is 6.30. The molecule has 3 aromatic rings. The fourth-order valence-corrected chi connectivity index (χ4v) is 2.18. The molecular weight excluding hydrogens is 290 g/mol. The molecule has 0 bridgehead atoms. The quantitative estimate of drug-likeness (QED) is 0.805. The molecule has 1 unspecified atom stereocenters. The number of fused-ring (bicyclic) bond motifs is 1. The van der Waals surface area contributed by atoms with Crippen molar-refractivity contribution in [1.82, 2.24) is 24.9 Å². The van der Waals surface area contributed by atoms with Crippen LogP contribution in [0.2, 0.25) is 5.02 Å².